The number of carbonyl (C=O) groups is 1. The van der Waals surface area contributed by atoms with Crippen LogP contribution < -0.4 is 0 Å². The number of benzene rings is 2. The fraction of sp³-hybridized carbons (Fsp3) is 0.409. The SMILES string of the molecule is O=C(C1CCN(S(=O)(=O)c2ccc(F)c(F)c2)CC1)N(Cc1ccccc1)C1CC1. The molecule has 1 amide bonds. The maximum atomic E-state index is 13.5. The van der Waals surface area contributed by atoms with E-state index in [-0.39, 0.29) is 35.9 Å². The molecule has 0 unspecified atom stereocenters. The minimum absolute atomic E-state index is 0.0752. The van der Waals surface area contributed by atoms with Crippen LogP contribution in [0.15, 0.2) is 53.4 Å². The van der Waals surface area contributed by atoms with Gasteiger partial charge in [0.25, 0.3) is 0 Å². The van der Waals surface area contributed by atoms with Gasteiger partial charge in [-0.15, -0.1) is 0 Å². The summed E-state index contributed by atoms with van der Waals surface area (Å²) >= 11 is 0. The lowest BCUT2D eigenvalue weighted by Gasteiger charge is -2.34. The molecule has 30 heavy (non-hydrogen) atoms. The number of carbonyl (C=O) groups excluding carboxylic acids is 1. The molecule has 1 aliphatic heterocycles. The zero-order chi connectivity index (χ0) is 21.3. The Balaban J connectivity index is 1.41. The molecule has 8 heteroatoms. The third-order valence-corrected chi connectivity index (χ3v) is 7.69. The topological polar surface area (TPSA) is 57.7 Å². The van der Waals surface area contributed by atoms with Crippen molar-refractivity contribution in [3.8, 4) is 0 Å². The number of piperidine rings is 1. The first-order chi connectivity index (χ1) is 14.4. The summed E-state index contributed by atoms with van der Waals surface area (Å²) in [6, 6.07) is 12.7. The summed E-state index contributed by atoms with van der Waals surface area (Å²) < 4.78 is 53.4. The van der Waals surface area contributed by atoms with Gasteiger partial charge in [0.2, 0.25) is 15.9 Å². The van der Waals surface area contributed by atoms with E-state index in [1.165, 1.54) is 4.31 Å². The molecule has 160 valence electrons. The monoisotopic (exact) mass is 434 g/mol. The lowest BCUT2D eigenvalue weighted by atomic mass is 9.96. The van der Waals surface area contributed by atoms with Crippen LogP contribution in [0.1, 0.15) is 31.2 Å². The van der Waals surface area contributed by atoms with Crippen molar-refractivity contribution >= 4 is 15.9 Å². The van der Waals surface area contributed by atoms with Gasteiger partial charge in [0.1, 0.15) is 0 Å². The smallest absolute Gasteiger partial charge is 0.243 e. The Bertz CT molecular complexity index is 1020. The van der Waals surface area contributed by atoms with Gasteiger partial charge in [0.05, 0.1) is 4.90 Å². The van der Waals surface area contributed by atoms with Crippen molar-refractivity contribution < 1.29 is 22.0 Å². The van der Waals surface area contributed by atoms with Crippen molar-refractivity contribution in [1.29, 1.82) is 0 Å². The number of rotatable bonds is 6. The number of hydrogen-bond acceptors (Lipinski definition) is 3. The highest BCUT2D eigenvalue weighted by atomic mass is 32.2. The quantitative estimate of drug-likeness (QED) is 0.699. The van der Waals surface area contributed by atoms with Crippen molar-refractivity contribution in [2.75, 3.05) is 13.1 Å². The molecule has 5 nitrogen and oxygen atoms in total. The predicted octanol–water partition coefficient (Wildman–Crippen LogP) is 3.56. The van der Waals surface area contributed by atoms with Gasteiger partial charge in [-0.1, -0.05) is 30.3 Å². The average Bonchev–Trinajstić information content (AvgIpc) is 3.59. The van der Waals surface area contributed by atoms with Crippen LogP contribution >= 0.6 is 0 Å². The fourth-order valence-corrected chi connectivity index (χ4v) is 5.40. The van der Waals surface area contributed by atoms with E-state index in [9.17, 15) is 22.0 Å². The Kier molecular flexibility index (Phi) is 5.88. The fourth-order valence-electron chi connectivity index (χ4n) is 3.92. The molecule has 4 rings (SSSR count). The van der Waals surface area contributed by atoms with Crippen molar-refractivity contribution in [2.45, 2.75) is 43.2 Å². The van der Waals surface area contributed by atoms with Crippen LogP contribution in [-0.4, -0.2) is 42.7 Å². The summed E-state index contributed by atoms with van der Waals surface area (Å²) in [5.41, 5.74) is 1.08. The van der Waals surface area contributed by atoms with E-state index in [1.54, 1.807) is 0 Å². The molecule has 0 radical (unpaired) electrons. The molecule has 1 saturated carbocycles. The van der Waals surface area contributed by atoms with Crippen LogP contribution in [0, 0.1) is 17.6 Å². The zero-order valence-electron chi connectivity index (χ0n) is 16.5. The van der Waals surface area contributed by atoms with Crippen molar-refractivity contribution in [2.24, 2.45) is 5.92 Å². The molecule has 1 heterocycles. The van der Waals surface area contributed by atoms with E-state index >= 15 is 0 Å². The normalized spacial score (nSPS) is 18.3. The van der Waals surface area contributed by atoms with Gasteiger partial charge >= 0.3 is 0 Å². The molecule has 2 aromatic carbocycles. The number of nitrogens with zero attached hydrogens (tertiary/aromatic N) is 2. The Morgan fingerprint density at radius 1 is 0.967 bits per heavy atom. The highest BCUT2D eigenvalue weighted by Gasteiger charge is 2.38. The number of hydrogen-bond donors (Lipinski definition) is 0. The van der Waals surface area contributed by atoms with E-state index in [0.29, 0.717) is 25.5 Å². The van der Waals surface area contributed by atoms with Crippen molar-refractivity contribution in [3.05, 3.63) is 65.7 Å². The summed E-state index contributed by atoms with van der Waals surface area (Å²) in [5.74, 6) is -2.43. The molecule has 0 N–H and O–H groups in total. The molecule has 0 aromatic heterocycles. The molecule has 0 bridgehead atoms. The zero-order valence-corrected chi connectivity index (χ0v) is 17.3. The molecule has 0 atom stereocenters. The van der Waals surface area contributed by atoms with Gasteiger partial charge in [-0.3, -0.25) is 4.79 Å². The summed E-state index contributed by atoms with van der Waals surface area (Å²) in [6.07, 6.45) is 2.84. The maximum Gasteiger partial charge on any atom is 0.243 e. The highest BCUT2D eigenvalue weighted by Crippen LogP contribution is 2.32. The van der Waals surface area contributed by atoms with Crippen LogP contribution in [0.2, 0.25) is 0 Å². The van der Waals surface area contributed by atoms with Gasteiger partial charge in [0.15, 0.2) is 11.6 Å². The van der Waals surface area contributed by atoms with Crippen LogP contribution in [-0.2, 0) is 21.4 Å². The van der Waals surface area contributed by atoms with Gasteiger partial charge in [-0.2, -0.15) is 4.31 Å². The first kappa shape index (κ1) is 20.9. The standard InChI is InChI=1S/C22H24F2N2O3S/c23-20-9-8-19(14-21(20)24)30(28,29)25-12-10-17(11-13-25)22(27)26(18-6-7-18)15-16-4-2-1-3-5-16/h1-5,8-9,14,17-18H,6-7,10-13,15H2. The Hall–Kier alpha value is -2.32. The lowest BCUT2D eigenvalue weighted by Crippen LogP contribution is -2.44. The second-order valence-electron chi connectivity index (χ2n) is 7.94. The number of halogens is 2. The molecule has 0 spiro atoms. The largest absolute Gasteiger partial charge is 0.335 e. The maximum absolute atomic E-state index is 13.5. The summed E-state index contributed by atoms with van der Waals surface area (Å²) in [6.45, 7) is 0.931. The average molecular weight is 435 g/mol. The number of sulfonamides is 1. The second-order valence-corrected chi connectivity index (χ2v) is 9.88. The molecular weight excluding hydrogens is 410 g/mol. The molecule has 2 aliphatic rings. The second kappa shape index (κ2) is 8.43. The third-order valence-electron chi connectivity index (χ3n) is 5.80. The summed E-state index contributed by atoms with van der Waals surface area (Å²) in [7, 11) is -3.92. The minimum atomic E-state index is -3.92. The van der Waals surface area contributed by atoms with E-state index < -0.39 is 21.7 Å². The Morgan fingerprint density at radius 3 is 2.23 bits per heavy atom. The van der Waals surface area contributed by atoms with Crippen LogP contribution in [0.25, 0.3) is 0 Å². The molecule has 2 fully saturated rings. The Labute approximate surface area is 175 Å². The molecule has 1 aliphatic carbocycles. The third kappa shape index (κ3) is 4.39. The highest BCUT2D eigenvalue weighted by molar-refractivity contribution is 7.89. The van der Waals surface area contributed by atoms with Gasteiger partial charge in [-0.05, 0) is 49.4 Å². The first-order valence-electron chi connectivity index (χ1n) is 10.2. The van der Waals surface area contributed by atoms with Gasteiger partial charge in [-0.25, -0.2) is 17.2 Å². The molecular formula is C22H24F2N2O3S. The summed E-state index contributed by atoms with van der Waals surface area (Å²) in [4.78, 5) is 14.8. The first-order valence-corrected chi connectivity index (χ1v) is 11.6. The summed E-state index contributed by atoms with van der Waals surface area (Å²) in [5, 5.41) is 0. The van der Waals surface area contributed by atoms with Gasteiger partial charge in [0, 0.05) is 31.6 Å². The van der Waals surface area contributed by atoms with Crippen LogP contribution in [0.3, 0.4) is 0 Å². The number of amides is 1. The lowest BCUT2D eigenvalue weighted by molar-refractivity contribution is -0.138. The minimum Gasteiger partial charge on any atom is -0.335 e. The van der Waals surface area contributed by atoms with E-state index in [0.717, 1.165) is 30.5 Å². The molecule has 1 saturated heterocycles. The van der Waals surface area contributed by atoms with Crippen LogP contribution in [0.4, 0.5) is 8.78 Å². The van der Waals surface area contributed by atoms with E-state index in [4.69, 9.17) is 0 Å². The van der Waals surface area contributed by atoms with Gasteiger partial charge < -0.3 is 4.90 Å². The van der Waals surface area contributed by atoms with E-state index in [2.05, 4.69) is 0 Å². The van der Waals surface area contributed by atoms with Crippen molar-refractivity contribution in [1.82, 2.24) is 9.21 Å². The molecule has 2 aromatic rings. The predicted molar refractivity (Wildman–Crippen MR) is 108 cm³/mol. The van der Waals surface area contributed by atoms with Crippen molar-refractivity contribution in [3.63, 3.8) is 0 Å². The van der Waals surface area contributed by atoms with E-state index in [1.807, 2.05) is 35.2 Å². The van der Waals surface area contributed by atoms with Crippen LogP contribution in [0.5, 0.6) is 0 Å². The Morgan fingerprint density at radius 2 is 1.63 bits per heavy atom.